The van der Waals surface area contributed by atoms with E-state index in [9.17, 15) is 0 Å². The molecule has 2 unspecified atom stereocenters. The third-order valence-electron chi connectivity index (χ3n) is 4.47. The molecule has 0 rings (SSSR count). The van der Waals surface area contributed by atoms with Crippen LogP contribution in [0.1, 0.15) is 79.6 Å². The van der Waals surface area contributed by atoms with Gasteiger partial charge in [-0.25, -0.2) is 0 Å². The third kappa shape index (κ3) is 9.18. The van der Waals surface area contributed by atoms with Gasteiger partial charge in [0.1, 0.15) is 0 Å². The third-order valence-corrected chi connectivity index (χ3v) is 4.47. The second-order valence-electron chi connectivity index (χ2n) is 5.95. The van der Waals surface area contributed by atoms with E-state index in [4.69, 9.17) is 0 Å². The van der Waals surface area contributed by atoms with E-state index in [2.05, 4.69) is 44.8 Å². The smallest absolute Gasteiger partial charge is 0.0626 e. The summed E-state index contributed by atoms with van der Waals surface area (Å²) < 4.78 is 0. The fraction of sp³-hybridized carbons (Fsp3) is 1.00. The Balaban J connectivity index is 3.82. The van der Waals surface area contributed by atoms with Crippen LogP contribution in [0.2, 0.25) is 0 Å². The zero-order valence-corrected chi connectivity index (χ0v) is 14.0. The highest BCUT2D eigenvalue weighted by atomic mass is 15.1. The molecule has 0 bridgehead atoms. The first-order valence-electron chi connectivity index (χ1n) is 8.52. The summed E-state index contributed by atoms with van der Waals surface area (Å²) in [4.78, 5) is 0. The van der Waals surface area contributed by atoms with Crippen LogP contribution in [-0.2, 0) is 0 Å². The molecule has 0 aliphatic carbocycles. The van der Waals surface area contributed by atoms with Gasteiger partial charge >= 0.3 is 0 Å². The minimum atomic E-state index is 0.745. The number of nitrogens with zero attached hydrogens (tertiary/aromatic N) is 2. The van der Waals surface area contributed by atoms with Crippen LogP contribution >= 0.6 is 0 Å². The molecule has 0 aromatic carbocycles. The molecule has 0 aromatic heterocycles. The Morgan fingerprint density at radius 1 is 0.842 bits per heavy atom. The van der Waals surface area contributed by atoms with Crippen molar-refractivity contribution < 1.29 is 0 Å². The predicted octanol–water partition coefficient (Wildman–Crippen LogP) is 6.12. The van der Waals surface area contributed by atoms with Gasteiger partial charge in [-0.2, -0.15) is 10.2 Å². The second-order valence-corrected chi connectivity index (χ2v) is 5.95. The maximum atomic E-state index is 4.32. The Labute approximate surface area is 121 Å². The summed E-state index contributed by atoms with van der Waals surface area (Å²) in [5, 5.41) is 8.52. The first kappa shape index (κ1) is 18.6. The molecule has 0 saturated heterocycles. The summed E-state index contributed by atoms with van der Waals surface area (Å²) in [6.45, 7) is 13.3. The van der Waals surface area contributed by atoms with Gasteiger partial charge in [0.15, 0.2) is 0 Å². The number of azo groups is 1. The van der Waals surface area contributed by atoms with Crippen LogP contribution < -0.4 is 0 Å². The molecule has 19 heavy (non-hydrogen) atoms. The van der Waals surface area contributed by atoms with Gasteiger partial charge in [0.2, 0.25) is 0 Å². The first-order valence-corrected chi connectivity index (χ1v) is 8.52. The number of rotatable bonds is 12. The van der Waals surface area contributed by atoms with Crippen molar-refractivity contribution in [2.24, 2.45) is 28.0 Å². The van der Waals surface area contributed by atoms with Gasteiger partial charge < -0.3 is 0 Å². The molecule has 0 N–H and O–H groups in total. The standard InChI is InChI=1S/C17H36N2/c1-6-13-18-19-14-16(7-2)12-10-11-15(5)17(8-3)9-4/h15-17H,6-14H2,1-5H3. The lowest BCUT2D eigenvalue weighted by Gasteiger charge is -2.22. The average Bonchev–Trinajstić information content (AvgIpc) is 2.42. The molecule has 0 fully saturated rings. The Morgan fingerprint density at radius 2 is 1.53 bits per heavy atom. The fourth-order valence-corrected chi connectivity index (χ4v) is 2.83. The van der Waals surface area contributed by atoms with E-state index < -0.39 is 0 Å². The Hall–Kier alpha value is -0.400. The average molecular weight is 268 g/mol. The summed E-state index contributed by atoms with van der Waals surface area (Å²) in [6.07, 6.45) is 9.08. The van der Waals surface area contributed by atoms with Crippen molar-refractivity contribution in [1.82, 2.24) is 0 Å². The van der Waals surface area contributed by atoms with Crippen LogP contribution in [0.3, 0.4) is 0 Å². The van der Waals surface area contributed by atoms with E-state index in [-0.39, 0.29) is 0 Å². The number of hydrogen-bond acceptors (Lipinski definition) is 2. The van der Waals surface area contributed by atoms with Gasteiger partial charge in [0, 0.05) is 0 Å². The van der Waals surface area contributed by atoms with E-state index in [1.54, 1.807) is 0 Å². The Bertz CT molecular complexity index is 209. The summed E-state index contributed by atoms with van der Waals surface area (Å²) in [6, 6.07) is 0. The molecule has 0 radical (unpaired) electrons. The van der Waals surface area contributed by atoms with Crippen molar-refractivity contribution in [3.63, 3.8) is 0 Å². The SMILES string of the molecule is CCCN=NCC(CC)CCCC(C)C(CC)CC. The summed E-state index contributed by atoms with van der Waals surface area (Å²) in [5.41, 5.74) is 0. The van der Waals surface area contributed by atoms with Gasteiger partial charge in [-0.1, -0.05) is 66.7 Å². The van der Waals surface area contributed by atoms with Crippen molar-refractivity contribution in [2.45, 2.75) is 79.6 Å². The fourth-order valence-electron chi connectivity index (χ4n) is 2.83. The van der Waals surface area contributed by atoms with Crippen LogP contribution in [0.15, 0.2) is 10.2 Å². The summed E-state index contributed by atoms with van der Waals surface area (Å²) >= 11 is 0. The van der Waals surface area contributed by atoms with Crippen molar-refractivity contribution in [1.29, 1.82) is 0 Å². The minimum Gasteiger partial charge on any atom is -0.194 e. The van der Waals surface area contributed by atoms with Crippen LogP contribution in [0.4, 0.5) is 0 Å². The predicted molar refractivity (Wildman–Crippen MR) is 85.7 cm³/mol. The van der Waals surface area contributed by atoms with Gasteiger partial charge in [-0.15, -0.1) is 0 Å². The Morgan fingerprint density at radius 3 is 2.05 bits per heavy atom. The molecule has 0 aliphatic heterocycles. The van der Waals surface area contributed by atoms with Gasteiger partial charge in [-0.3, -0.25) is 0 Å². The topological polar surface area (TPSA) is 24.7 Å². The first-order chi connectivity index (χ1) is 9.19. The highest BCUT2D eigenvalue weighted by molar-refractivity contribution is 4.66. The largest absolute Gasteiger partial charge is 0.194 e. The highest BCUT2D eigenvalue weighted by Gasteiger charge is 2.14. The van der Waals surface area contributed by atoms with Crippen molar-refractivity contribution in [3.05, 3.63) is 0 Å². The van der Waals surface area contributed by atoms with Crippen molar-refractivity contribution >= 4 is 0 Å². The number of hydrogen-bond donors (Lipinski definition) is 0. The van der Waals surface area contributed by atoms with Gasteiger partial charge in [-0.05, 0) is 30.6 Å². The molecule has 2 atom stereocenters. The molecule has 0 spiro atoms. The second kappa shape index (κ2) is 12.6. The van der Waals surface area contributed by atoms with Crippen molar-refractivity contribution in [3.8, 4) is 0 Å². The normalized spacial score (nSPS) is 15.3. The lowest BCUT2D eigenvalue weighted by Crippen LogP contribution is -2.11. The molecule has 0 amide bonds. The molecule has 0 aliphatic rings. The van der Waals surface area contributed by atoms with E-state index in [0.29, 0.717) is 0 Å². The van der Waals surface area contributed by atoms with E-state index in [0.717, 1.165) is 37.3 Å². The highest BCUT2D eigenvalue weighted by Crippen LogP contribution is 2.25. The molecule has 0 saturated carbocycles. The summed E-state index contributed by atoms with van der Waals surface area (Å²) in [7, 11) is 0. The molecule has 114 valence electrons. The van der Waals surface area contributed by atoms with Gasteiger partial charge in [0.25, 0.3) is 0 Å². The zero-order valence-electron chi connectivity index (χ0n) is 14.0. The van der Waals surface area contributed by atoms with Crippen LogP contribution in [0, 0.1) is 17.8 Å². The zero-order chi connectivity index (χ0) is 14.5. The van der Waals surface area contributed by atoms with Gasteiger partial charge in [0.05, 0.1) is 13.1 Å². The quantitative estimate of drug-likeness (QED) is 0.381. The lowest BCUT2D eigenvalue weighted by atomic mass is 9.84. The van der Waals surface area contributed by atoms with E-state index >= 15 is 0 Å². The van der Waals surface area contributed by atoms with Crippen LogP contribution in [0.5, 0.6) is 0 Å². The monoisotopic (exact) mass is 268 g/mol. The molecule has 0 heterocycles. The molecular weight excluding hydrogens is 232 g/mol. The van der Waals surface area contributed by atoms with Crippen LogP contribution in [-0.4, -0.2) is 13.1 Å². The van der Waals surface area contributed by atoms with E-state index in [1.807, 2.05) is 0 Å². The van der Waals surface area contributed by atoms with Crippen molar-refractivity contribution in [2.75, 3.05) is 13.1 Å². The molecule has 0 aromatic rings. The molecule has 2 heteroatoms. The molecular formula is C17H36N2. The maximum absolute atomic E-state index is 4.32. The maximum Gasteiger partial charge on any atom is 0.0626 e. The minimum absolute atomic E-state index is 0.745. The summed E-state index contributed by atoms with van der Waals surface area (Å²) in [5.74, 6) is 2.55. The molecule has 2 nitrogen and oxygen atoms in total. The van der Waals surface area contributed by atoms with E-state index in [1.165, 1.54) is 38.5 Å². The van der Waals surface area contributed by atoms with Crippen LogP contribution in [0.25, 0.3) is 0 Å². The Kier molecular flexibility index (Phi) is 12.4. The lowest BCUT2D eigenvalue weighted by molar-refractivity contribution is 0.300.